The van der Waals surface area contributed by atoms with Crippen LogP contribution in [-0.4, -0.2) is 37.1 Å². The first-order valence-electron chi connectivity index (χ1n) is 11.3. The largest absolute Gasteiger partial charge is 0.481 e. The standard InChI is InChI=1S/C24H20ClF2N5O2S/c25-16-6-5-15(35-16)20-18(27)23(30-19-11-3-1-10(2-4-11)17(19)24(33)34)32-22(31-20)14-9-29-21-13(14)7-12(26)8-28-21/h5-11,17,19H,1-4H2,(H,28,29)(H,33,34)(H,30,31,32)/t10?,11?,17-,19-/m0/s1. The Balaban J connectivity index is 1.50. The number of pyridine rings is 1. The van der Waals surface area contributed by atoms with Crippen LogP contribution < -0.4 is 5.32 Å². The van der Waals surface area contributed by atoms with E-state index in [1.165, 1.54) is 17.4 Å². The van der Waals surface area contributed by atoms with Crippen molar-refractivity contribution in [3.8, 4) is 22.0 Å². The monoisotopic (exact) mass is 515 g/mol. The fourth-order valence-corrected chi connectivity index (χ4v) is 6.63. The van der Waals surface area contributed by atoms with Gasteiger partial charge >= 0.3 is 5.97 Å². The lowest BCUT2D eigenvalue weighted by atomic mass is 9.61. The number of carbonyl (C=O) groups is 1. The summed E-state index contributed by atoms with van der Waals surface area (Å²) in [6, 6.07) is 4.20. The van der Waals surface area contributed by atoms with E-state index in [1.54, 1.807) is 18.3 Å². The fraction of sp³-hybridized carbons (Fsp3) is 0.333. The Labute approximate surface area is 207 Å². The molecule has 0 unspecified atom stereocenters. The predicted octanol–water partition coefficient (Wildman–Crippen LogP) is 5.98. The van der Waals surface area contributed by atoms with Gasteiger partial charge in [-0.15, -0.1) is 11.3 Å². The van der Waals surface area contributed by atoms with E-state index in [0.29, 0.717) is 25.8 Å². The van der Waals surface area contributed by atoms with Crippen molar-refractivity contribution >= 4 is 45.8 Å². The Morgan fingerprint density at radius 2 is 1.94 bits per heavy atom. The molecule has 4 heterocycles. The van der Waals surface area contributed by atoms with Gasteiger partial charge in [-0.2, -0.15) is 0 Å². The molecule has 3 aliphatic carbocycles. The highest BCUT2D eigenvalue weighted by atomic mass is 35.5. The van der Waals surface area contributed by atoms with Crippen molar-refractivity contribution in [2.45, 2.75) is 31.7 Å². The van der Waals surface area contributed by atoms with E-state index < -0.39 is 29.6 Å². The topological polar surface area (TPSA) is 104 Å². The molecule has 3 aliphatic rings. The van der Waals surface area contributed by atoms with Crippen LogP contribution in [0.15, 0.2) is 30.6 Å². The normalized spacial score (nSPS) is 23.6. The van der Waals surface area contributed by atoms with Crippen molar-refractivity contribution in [3.05, 3.63) is 46.6 Å². The highest BCUT2D eigenvalue weighted by Gasteiger charge is 2.47. The summed E-state index contributed by atoms with van der Waals surface area (Å²) in [5, 5.41) is 13.5. The van der Waals surface area contributed by atoms with Crippen molar-refractivity contribution in [1.29, 1.82) is 0 Å². The summed E-state index contributed by atoms with van der Waals surface area (Å²) in [6.45, 7) is 0. The Bertz CT molecular complexity index is 1450. The number of rotatable bonds is 5. The minimum absolute atomic E-state index is 0.0426. The summed E-state index contributed by atoms with van der Waals surface area (Å²) in [5.74, 6) is -2.44. The van der Waals surface area contributed by atoms with Crippen LogP contribution in [0, 0.1) is 29.4 Å². The molecule has 0 aliphatic heterocycles. The van der Waals surface area contributed by atoms with Crippen LogP contribution in [0.25, 0.3) is 33.0 Å². The lowest BCUT2D eigenvalue weighted by Crippen LogP contribution is -2.51. The predicted molar refractivity (Wildman–Crippen MR) is 129 cm³/mol. The molecule has 2 bridgehead atoms. The Kier molecular flexibility index (Phi) is 5.45. The van der Waals surface area contributed by atoms with E-state index in [-0.39, 0.29) is 29.2 Å². The molecule has 0 aromatic carbocycles. The van der Waals surface area contributed by atoms with Crippen molar-refractivity contribution in [3.63, 3.8) is 0 Å². The van der Waals surface area contributed by atoms with Crippen molar-refractivity contribution in [1.82, 2.24) is 19.9 Å². The van der Waals surface area contributed by atoms with Gasteiger partial charge in [0.1, 0.15) is 17.2 Å². The number of hydrogen-bond acceptors (Lipinski definition) is 6. The second-order valence-corrected chi connectivity index (χ2v) is 10.8. The van der Waals surface area contributed by atoms with E-state index in [1.807, 2.05) is 0 Å². The summed E-state index contributed by atoms with van der Waals surface area (Å²) in [7, 11) is 0. The molecule has 7 nitrogen and oxygen atoms in total. The Hall–Kier alpha value is -3.11. The second kappa shape index (κ2) is 8.53. The van der Waals surface area contributed by atoms with Gasteiger partial charge in [0.15, 0.2) is 17.5 Å². The number of nitrogens with zero attached hydrogens (tertiary/aromatic N) is 3. The molecule has 3 saturated carbocycles. The average molecular weight is 516 g/mol. The van der Waals surface area contributed by atoms with E-state index >= 15 is 4.39 Å². The zero-order valence-corrected chi connectivity index (χ0v) is 19.8. The van der Waals surface area contributed by atoms with Crippen LogP contribution in [0.5, 0.6) is 0 Å². The first-order chi connectivity index (χ1) is 16.9. The number of aliphatic carboxylic acids is 1. The molecular formula is C24H20ClF2N5O2S. The molecule has 0 saturated heterocycles. The number of aromatic nitrogens is 4. The third kappa shape index (κ3) is 3.84. The molecule has 7 rings (SSSR count). The number of fused-ring (bicyclic) bond motifs is 4. The van der Waals surface area contributed by atoms with E-state index in [0.717, 1.165) is 31.9 Å². The van der Waals surface area contributed by atoms with Gasteiger partial charge in [-0.05, 0) is 55.7 Å². The van der Waals surface area contributed by atoms with Gasteiger partial charge in [-0.1, -0.05) is 11.6 Å². The zero-order valence-electron chi connectivity index (χ0n) is 18.3. The van der Waals surface area contributed by atoms with Gasteiger partial charge in [0, 0.05) is 23.2 Å². The van der Waals surface area contributed by atoms with Crippen molar-refractivity contribution < 1.29 is 18.7 Å². The number of hydrogen-bond donors (Lipinski definition) is 3. The van der Waals surface area contributed by atoms with E-state index in [2.05, 4.69) is 25.3 Å². The molecule has 35 heavy (non-hydrogen) atoms. The number of halogens is 3. The van der Waals surface area contributed by atoms with Gasteiger partial charge in [0.05, 0.1) is 21.3 Å². The second-order valence-electron chi connectivity index (χ2n) is 9.12. The number of H-pyrrole nitrogens is 1. The number of thiophene rings is 1. The number of carboxylic acid groups (broad SMARTS) is 1. The molecule has 0 amide bonds. The van der Waals surface area contributed by atoms with Crippen molar-refractivity contribution in [2.75, 3.05) is 5.32 Å². The summed E-state index contributed by atoms with van der Waals surface area (Å²) in [6.07, 6.45) is 6.22. The molecule has 0 radical (unpaired) electrons. The maximum atomic E-state index is 15.8. The van der Waals surface area contributed by atoms with Crippen LogP contribution in [-0.2, 0) is 4.79 Å². The van der Waals surface area contributed by atoms with E-state index in [4.69, 9.17) is 11.6 Å². The molecule has 4 aromatic rings. The minimum Gasteiger partial charge on any atom is -0.481 e. The first-order valence-corrected chi connectivity index (χ1v) is 12.5. The lowest BCUT2D eigenvalue weighted by molar-refractivity contribution is -0.148. The first kappa shape index (κ1) is 22.4. The Morgan fingerprint density at radius 3 is 2.66 bits per heavy atom. The molecule has 2 atom stereocenters. The van der Waals surface area contributed by atoms with Crippen LogP contribution in [0.4, 0.5) is 14.6 Å². The van der Waals surface area contributed by atoms with Crippen LogP contribution in [0.2, 0.25) is 4.34 Å². The average Bonchev–Trinajstić information content (AvgIpc) is 3.46. The summed E-state index contributed by atoms with van der Waals surface area (Å²) in [5.41, 5.74) is 0.944. The van der Waals surface area contributed by atoms with Gasteiger partial charge in [0.25, 0.3) is 0 Å². The quantitative estimate of drug-likeness (QED) is 0.302. The third-order valence-electron chi connectivity index (χ3n) is 7.20. The molecule has 0 spiro atoms. The summed E-state index contributed by atoms with van der Waals surface area (Å²) >= 11 is 7.28. The molecule has 11 heteroatoms. The Morgan fingerprint density at radius 1 is 1.17 bits per heavy atom. The maximum Gasteiger partial charge on any atom is 0.308 e. The summed E-state index contributed by atoms with van der Waals surface area (Å²) in [4.78, 5) is 28.6. The number of anilines is 1. The van der Waals surface area contributed by atoms with Crippen LogP contribution in [0.3, 0.4) is 0 Å². The highest BCUT2D eigenvalue weighted by molar-refractivity contribution is 7.19. The number of carboxylic acids is 1. The van der Waals surface area contributed by atoms with E-state index in [9.17, 15) is 14.3 Å². The zero-order chi connectivity index (χ0) is 24.3. The highest BCUT2D eigenvalue weighted by Crippen LogP contribution is 2.47. The number of nitrogens with one attached hydrogen (secondary N) is 2. The SMILES string of the molecule is O=C(O)[C@H]1C2CCC(CC2)[C@@H]1Nc1nc(-c2c[nH]c3ncc(F)cc23)nc(-c2ccc(Cl)s2)c1F. The number of aromatic amines is 1. The van der Waals surface area contributed by atoms with Gasteiger partial charge in [0.2, 0.25) is 0 Å². The van der Waals surface area contributed by atoms with Gasteiger partial charge < -0.3 is 15.4 Å². The molecule has 3 N–H and O–H groups in total. The molecular weight excluding hydrogens is 496 g/mol. The lowest BCUT2D eigenvalue weighted by Gasteiger charge is -2.47. The molecule has 3 fully saturated rings. The smallest absolute Gasteiger partial charge is 0.308 e. The maximum absolute atomic E-state index is 15.8. The van der Waals surface area contributed by atoms with Crippen LogP contribution >= 0.6 is 22.9 Å². The molecule has 4 aromatic heterocycles. The van der Waals surface area contributed by atoms with Gasteiger partial charge in [-0.25, -0.2) is 23.7 Å². The van der Waals surface area contributed by atoms with Gasteiger partial charge in [-0.3, -0.25) is 4.79 Å². The van der Waals surface area contributed by atoms with Crippen molar-refractivity contribution in [2.24, 2.45) is 17.8 Å². The third-order valence-corrected chi connectivity index (χ3v) is 8.44. The summed E-state index contributed by atoms with van der Waals surface area (Å²) < 4.78 is 30.3. The molecule has 180 valence electrons. The van der Waals surface area contributed by atoms with Crippen LogP contribution in [0.1, 0.15) is 25.7 Å². The fourth-order valence-electron chi connectivity index (χ4n) is 5.60. The minimum atomic E-state index is -0.880.